The molecule has 0 N–H and O–H groups in total. The van der Waals surface area contributed by atoms with Crippen LogP contribution in [0.4, 0.5) is 0 Å². The fourth-order valence-electron chi connectivity index (χ4n) is 4.70. The smallest absolute Gasteiger partial charge is 0.132 e. The minimum Gasteiger partial charge on any atom is -0.300 e. The lowest BCUT2D eigenvalue weighted by Crippen LogP contribution is -2.02. The normalized spacial score (nSPS) is 22.8. The second-order valence-electron chi connectivity index (χ2n) is 10.2. The van der Waals surface area contributed by atoms with Crippen LogP contribution in [0.25, 0.3) is 0 Å². The summed E-state index contributed by atoms with van der Waals surface area (Å²) in [7, 11) is 0. The van der Waals surface area contributed by atoms with Gasteiger partial charge in [0.25, 0.3) is 0 Å². The van der Waals surface area contributed by atoms with Gasteiger partial charge in [0.2, 0.25) is 0 Å². The topological polar surface area (TPSA) is 68.3 Å². The Balaban J connectivity index is 0.000000331. The summed E-state index contributed by atoms with van der Waals surface area (Å²) in [6, 6.07) is 0. The molecule has 4 heteroatoms. The zero-order chi connectivity index (χ0) is 24.0. The first-order chi connectivity index (χ1) is 16.1. The Morgan fingerprint density at radius 1 is 0.212 bits per heavy atom. The molecule has 0 aliphatic heterocycles. The summed E-state index contributed by atoms with van der Waals surface area (Å²) in [5, 5.41) is 0. The van der Waals surface area contributed by atoms with Gasteiger partial charge in [0.05, 0.1) is 0 Å². The summed E-state index contributed by atoms with van der Waals surface area (Å²) in [6.07, 6.45) is 24.8. The molecule has 0 heterocycles. The van der Waals surface area contributed by atoms with Gasteiger partial charge >= 0.3 is 0 Å². The number of hydrogen-bond acceptors (Lipinski definition) is 4. The zero-order valence-corrected chi connectivity index (χ0v) is 21.3. The highest BCUT2D eigenvalue weighted by atomic mass is 16.1. The van der Waals surface area contributed by atoms with Crippen LogP contribution in [-0.4, -0.2) is 23.1 Å². The Labute approximate surface area is 203 Å². The van der Waals surface area contributed by atoms with E-state index in [0.29, 0.717) is 48.8 Å². The van der Waals surface area contributed by atoms with Crippen molar-refractivity contribution in [3.05, 3.63) is 0 Å². The maximum atomic E-state index is 11.5. The van der Waals surface area contributed by atoms with Crippen molar-refractivity contribution in [1.82, 2.24) is 0 Å². The van der Waals surface area contributed by atoms with Crippen LogP contribution in [0.2, 0.25) is 0 Å². The third-order valence-corrected chi connectivity index (χ3v) is 6.89. The van der Waals surface area contributed by atoms with Crippen molar-refractivity contribution in [1.29, 1.82) is 0 Å². The highest BCUT2D eigenvalue weighted by Gasteiger charge is 2.08. The number of ketones is 4. The van der Waals surface area contributed by atoms with Crippen LogP contribution >= 0.6 is 0 Å². The maximum Gasteiger partial charge on any atom is 0.132 e. The van der Waals surface area contributed by atoms with Gasteiger partial charge in [-0.2, -0.15) is 0 Å². The Morgan fingerprint density at radius 3 is 0.576 bits per heavy atom. The molecule has 4 nitrogen and oxygen atoms in total. The highest BCUT2D eigenvalue weighted by Crippen LogP contribution is 2.15. The van der Waals surface area contributed by atoms with Crippen LogP contribution in [0.3, 0.4) is 0 Å². The Kier molecular flexibility index (Phi) is 19.1. The van der Waals surface area contributed by atoms with Gasteiger partial charge in [-0.25, -0.2) is 0 Å². The Morgan fingerprint density at radius 2 is 0.364 bits per heavy atom. The molecule has 33 heavy (non-hydrogen) atoms. The summed E-state index contributed by atoms with van der Waals surface area (Å²) < 4.78 is 0. The molecular weight excluding hydrogens is 412 g/mol. The van der Waals surface area contributed by atoms with Crippen LogP contribution in [0.1, 0.15) is 161 Å². The van der Waals surface area contributed by atoms with E-state index >= 15 is 0 Å². The van der Waals surface area contributed by atoms with E-state index in [1.165, 1.54) is 70.6 Å². The molecule has 2 rings (SSSR count). The third-order valence-electron chi connectivity index (χ3n) is 6.89. The van der Waals surface area contributed by atoms with E-state index in [4.69, 9.17) is 0 Å². The highest BCUT2D eigenvalue weighted by molar-refractivity contribution is 5.81. The van der Waals surface area contributed by atoms with Crippen molar-refractivity contribution in [2.45, 2.75) is 161 Å². The molecule has 0 amide bonds. The fraction of sp³-hybridized carbons (Fsp3) is 0.862. The molecule has 2 aliphatic rings. The molecule has 0 unspecified atom stereocenters. The molecule has 0 aromatic carbocycles. The Bertz CT molecular complexity index is 506. The largest absolute Gasteiger partial charge is 0.300 e. The second-order valence-corrected chi connectivity index (χ2v) is 10.2. The lowest BCUT2D eigenvalue weighted by molar-refractivity contribution is -0.122. The lowest BCUT2D eigenvalue weighted by Gasteiger charge is -2.05. The molecule has 2 aliphatic carbocycles. The maximum absolute atomic E-state index is 11.5. The van der Waals surface area contributed by atoms with Crippen LogP contribution in [0, 0.1) is 0 Å². The van der Waals surface area contributed by atoms with Crippen molar-refractivity contribution in [2.24, 2.45) is 0 Å². The van der Waals surface area contributed by atoms with Crippen molar-refractivity contribution in [2.75, 3.05) is 0 Å². The number of hydrogen-bond donors (Lipinski definition) is 0. The quantitative estimate of drug-likeness (QED) is 0.365. The van der Waals surface area contributed by atoms with E-state index in [-0.39, 0.29) is 0 Å². The molecular formula is C29H50O4. The summed E-state index contributed by atoms with van der Waals surface area (Å²) in [6.45, 7) is 0. The third kappa shape index (κ3) is 19.8. The second kappa shape index (κ2) is 21.2. The van der Waals surface area contributed by atoms with Crippen molar-refractivity contribution >= 4 is 23.1 Å². The lowest BCUT2D eigenvalue weighted by atomic mass is 10.00. The predicted octanol–water partition coefficient (Wildman–Crippen LogP) is 8.03. The first kappa shape index (κ1) is 29.7. The average Bonchev–Trinajstić information content (AvgIpc) is 2.79. The van der Waals surface area contributed by atoms with Crippen LogP contribution in [0.15, 0.2) is 0 Å². The molecule has 0 bridgehead atoms. The zero-order valence-electron chi connectivity index (χ0n) is 21.3. The molecule has 0 radical (unpaired) electrons. The minimum atomic E-state index is 0.352. The average molecular weight is 463 g/mol. The van der Waals surface area contributed by atoms with E-state index in [0.717, 1.165) is 64.2 Å². The number of carbonyl (C=O) groups is 4. The van der Waals surface area contributed by atoms with Crippen molar-refractivity contribution in [3.63, 3.8) is 0 Å². The molecule has 0 saturated heterocycles. The summed E-state index contributed by atoms with van der Waals surface area (Å²) in [5.41, 5.74) is 0. The molecule has 0 aromatic heterocycles. The van der Waals surface area contributed by atoms with Gasteiger partial charge in [0.1, 0.15) is 23.1 Å². The van der Waals surface area contributed by atoms with Gasteiger partial charge in [-0.1, -0.05) is 70.6 Å². The first-order valence-corrected chi connectivity index (χ1v) is 14.1. The first-order valence-electron chi connectivity index (χ1n) is 14.1. The summed E-state index contributed by atoms with van der Waals surface area (Å²) in [4.78, 5) is 45.9. The monoisotopic (exact) mass is 462 g/mol. The van der Waals surface area contributed by atoms with Crippen LogP contribution < -0.4 is 0 Å². The van der Waals surface area contributed by atoms with Crippen molar-refractivity contribution < 1.29 is 19.2 Å². The summed E-state index contributed by atoms with van der Waals surface area (Å²) in [5.74, 6) is 1.41. The van der Waals surface area contributed by atoms with Gasteiger partial charge in [-0.3, -0.25) is 19.2 Å². The summed E-state index contributed by atoms with van der Waals surface area (Å²) >= 11 is 0. The van der Waals surface area contributed by atoms with E-state index in [1.54, 1.807) is 0 Å². The van der Waals surface area contributed by atoms with E-state index in [1.807, 2.05) is 0 Å². The minimum absolute atomic E-state index is 0.352. The van der Waals surface area contributed by atoms with E-state index in [2.05, 4.69) is 0 Å². The molecule has 0 aromatic rings. The number of carbonyl (C=O) groups excluding carboxylic acids is 4. The number of rotatable bonds is 0. The number of Topliss-reactive ketones (excluding diaryl/α,β-unsaturated/α-hetero) is 4. The predicted molar refractivity (Wildman–Crippen MR) is 135 cm³/mol. The van der Waals surface area contributed by atoms with E-state index < -0.39 is 0 Å². The molecule has 0 spiro atoms. The fourth-order valence-corrected chi connectivity index (χ4v) is 4.70. The van der Waals surface area contributed by atoms with Gasteiger partial charge in [-0.15, -0.1) is 0 Å². The van der Waals surface area contributed by atoms with Gasteiger partial charge in [0, 0.05) is 51.4 Å². The van der Waals surface area contributed by atoms with Crippen LogP contribution in [0.5, 0.6) is 0 Å². The van der Waals surface area contributed by atoms with Gasteiger partial charge in [-0.05, 0) is 38.5 Å². The molecule has 2 fully saturated rings. The van der Waals surface area contributed by atoms with Gasteiger partial charge < -0.3 is 0 Å². The molecule has 0 atom stereocenters. The standard InChI is InChI=1S/C15H26O2.C14H24O2/c16-14-10-7-5-3-1-2-4-6-8-11-15(17)13-9-12-14;15-13-9-6-4-2-1-3-5-7-10-14(16)12-8-11-13/h1-13H2;1-12H2. The Hall–Kier alpha value is -1.32. The van der Waals surface area contributed by atoms with Crippen LogP contribution in [-0.2, 0) is 19.2 Å². The molecule has 2 saturated carbocycles. The van der Waals surface area contributed by atoms with Gasteiger partial charge in [0.15, 0.2) is 0 Å². The van der Waals surface area contributed by atoms with Crippen molar-refractivity contribution in [3.8, 4) is 0 Å². The molecule has 190 valence electrons. The SMILES string of the molecule is O=C1CCCCCCCCCC(=O)CCC1.O=C1CCCCCCCCCCC(=O)CCC1. The van der Waals surface area contributed by atoms with E-state index in [9.17, 15) is 19.2 Å².